The second kappa shape index (κ2) is 6.81. The van der Waals surface area contributed by atoms with Crippen LogP contribution >= 0.6 is 0 Å². The topological polar surface area (TPSA) is 94.9 Å². The van der Waals surface area contributed by atoms with Crippen molar-refractivity contribution in [3.8, 4) is 6.07 Å². The number of pyridine rings is 1. The number of aromatic nitrogens is 1. The molecule has 3 rings (SSSR count). The molecule has 0 saturated heterocycles. The molecule has 0 saturated carbocycles. The van der Waals surface area contributed by atoms with Crippen LogP contribution in [0.3, 0.4) is 0 Å². The molecule has 0 atom stereocenters. The molecule has 0 radical (unpaired) electrons. The van der Waals surface area contributed by atoms with Crippen molar-refractivity contribution in [2.75, 3.05) is 10.6 Å². The van der Waals surface area contributed by atoms with Crippen molar-refractivity contribution in [2.45, 2.75) is 6.92 Å². The Kier molecular flexibility index (Phi) is 4.40. The van der Waals surface area contributed by atoms with E-state index in [4.69, 9.17) is 0 Å². The van der Waals surface area contributed by atoms with E-state index in [0.717, 1.165) is 0 Å². The maximum Gasteiger partial charge on any atom is 0.274 e. The van der Waals surface area contributed by atoms with Gasteiger partial charge in [0, 0.05) is 29.6 Å². The summed E-state index contributed by atoms with van der Waals surface area (Å²) >= 11 is 0. The molecule has 0 bridgehead atoms. The molecule has 0 spiro atoms. The van der Waals surface area contributed by atoms with Gasteiger partial charge in [-0.2, -0.15) is 5.26 Å². The molecule has 25 heavy (non-hydrogen) atoms. The highest BCUT2D eigenvalue weighted by Gasteiger charge is 2.14. The lowest BCUT2D eigenvalue weighted by Gasteiger charge is -2.13. The number of carbonyl (C=O) groups is 2. The highest BCUT2D eigenvalue weighted by molar-refractivity contribution is 6.13. The maximum absolute atomic E-state index is 12.4. The summed E-state index contributed by atoms with van der Waals surface area (Å²) < 4.78 is 0. The number of anilines is 2. The van der Waals surface area contributed by atoms with Crippen molar-refractivity contribution in [1.29, 1.82) is 5.26 Å². The minimum Gasteiger partial charge on any atom is -0.326 e. The molecule has 6 nitrogen and oxygen atoms in total. The normalized spacial score (nSPS) is 10.1. The first-order valence-corrected chi connectivity index (χ1v) is 7.56. The van der Waals surface area contributed by atoms with Crippen molar-refractivity contribution in [2.24, 2.45) is 0 Å². The number of nitrogens with zero attached hydrogens (tertiary/aromatic N) is 2. The summed E-state index contributed by atoms with van der Waals surface area (Å²) in [7, 11) is 0. The third-order valence-corrected chi connectivity index (χ3v) is 3.62. The summed E-state index contributed by atoms with van der Waals surface area (Å²) in [6, 6.07) is 15.7. The Morgan fingerprint density at radius 3 is 2.52 bits per heavy atom. The molecule has 1 heterocycles. The number of rotatable bonds is 3. The lowest BCUT2D eigenvalue weighted by Crippen LogP contribution is -2.14. The van der Waals surface area contributed by atoms with Crippen LogP contribution < -0.4 is 10.6 Å². The zero-order valence-corrected chi connectivity index (χ0v) is 13.4. The fourth-order valence-electron chi connectivity index (χ4n) is 2.59. The van der Waals surface area contributed by atoms with Crippen LogP contribution in [0.15, 0.2) is 54.7 Å². The van der Waals surface area contributed by atoms with Gasteiger partial charge in [0.05, 0.1) is 17.3 Å². The Morgan fingerprint density at radius 1 is 1.00 bits per heavy atom. The first-order chi connectivity index (χ1) is 12.1. The zero-order valence-electron chi connectivity index (χ0n) is 13.4. The Labute approximate surface area is 144 Å². The van der Waals surface area contributed by atoms with E-state index in [1.165, 1.54) is 13.1 Å². The van der Waals surface area contributed by atoms with Crippen molar-refractivity contribution in [3.63, 3.8) is 0 Å². The van der Waals surface area contributed by atoms with Gasteiger partial charge in [0.15, 0.2) is 0 Å². The van der Waals surface area contributed by atoms with Crippen LogP contribution in [0, 0.1) is 11.3 Å². The standard InChI is InChI=1S/C19H14N4O2/c1-12(24)22-15-9-8-13(11-20)18-14(15)5-4-7-16(18)23-19(25)17-6-2-3-10-21-17/h2-10H,1H3,(H,22,24)(H,23,25). The molecule has 3 aromatic rings. The number of benzene rings is 2. The molecule has 122 valence electrons. The van der Waals surface area contributed by atoms with Crippen LogP contribution in [-0.2, 0) is 4.79 Å². The van der Waals surface area contributed by atoms with Crippen LogP contribution in [0.5, 0.6) is 0 Å². The highest BCUT2D eigenvalue weighted by Crippen LogP contribution is 2.32. The van der Waals surface area contributed by atoms with Gasteiger partial charge in [-0.05, 0) is 30.3 Å². The number of nitriles is 1. The highest BCUT2D eigenvalue weighted by atomic mass is 16.2. The summed E-state index contributed by atoms with van der Waals surface area (Å²) in [6.45, 7) is 1.41. The molecule has 6 heteroatoms. The summed E-state index contributed by atoms with van der Waals surface area (Å²) in [5.41, 5.74) is 1.74. The second-order valence-electron chi connectivity index (χ2n) is 5.35. The minimum absolute atomic E-state index is 0.214. The first kappa shape index (κ1) is 16.1. The van der Waals surface area contributed by atoms with Gasteiger partial charge >= 0.3 is 0 Å². The van der Waals surface area contributed by atoms with E-state index >= 15 is 0 Å². The van der Waals surface area contributed by atoms with Crippen LogP contribution in [0.1, 0.15) is 23.0 Å². The Hall–Kier alpha value is -3.72. The average molecular weight is 330 g/mol. The predicted octanol–water partition coefficient (Wildman–Crippen LogP) is 3.32. The van der Waals surface area contributed by atoms with E-state index in [0.29, 0.717) is 27.7 Å². The van der Waals surface area contributed by atoms with E-state index in [1.807, 2.05) is 0 Å². The Morgan fingerprint density at radius 2 is 1.84 bits per heavy atom. The number of hydrogen-bond acceptors (Lipinski definition) is 4. The lowest BCUT2D eigenvalue weighted by atomic mass is 10.0. The zero-order chi connectivity index (χ0) is 17.8. The van der Waals surface area contributed by atoms with Crippen molar-refractivity contribution < 1.29 is 9.59 Å². The minimum atomic E-state index is -0.373. The monoisotopic (exact) mass is 330 g/mol. The van der Waals surface area contributed by atoms with Crippen LogP contribution in [0.2, 0.25) is 0 Å². The fourth-order valence-corrected chi connectivity index (χ4v) is 2.59. The molecule has 0 aliphatic rings. The van der Waals surface area contributed by atoms with Crippen LogP contribution in [0.25, 0.3) is 10.8 Å². The number of fused-ring (bicyclic) bond motifs is 1. The largest absolute Gasteiger partial charge is 0.326 e. The predicted molar refractivity (Wildman–Crippen MR) is 95.2 cm³/mol. The summed E-state index contributed by atoms with van der Waals surface area (Å²) in [5.74, 6) is -0.587. The van der Waals surface area contributed by atoms with E-state index in [-0.39, 0.29) is 17.5 Å². The molecule has 0 unspecified atom stereocenters. The molecular weight excluding hydrogens is 316 g/mol. The lowest BCUT2D eigenvalue weighted by molar-refractivity contribution is -0.114. The smallest absolute Gasteiger partial charge is 0.274 e. The van der Waals surface area contributed by atoms with Gasteiger partial charge in [-0.3, -0.25) is 14.6 Å². The third kappa shape index (κ3) is 3.31. The summed E-state index contributed by atoms with van der Waals surface area (Å²) in [6.07, 6.45) is 1.54. The van der Waals surface area contributed by atoms with Crippen LogP contribution in [0.4, 0.5) is 11.4 Å². The van der Waals surface area contributed by atoms with Gasteiger partial charge in [0.2, 0.25) is 5.91 Å². The molecule has 2 amide bonds. The second-order valence-corrected chi connectivity index (χ2v) is 5.35. The average Bonchev–Trinajstić information content (AvgIpc) is 2.62. The first-order valence-electron chi connectivity index (χ1n) is 7.56. The van der Waals surface area contributed by atoms with Gasteiger partial charge in [0.25, 0.3) is 5.91 Å². The fraction of sp³-hybridized carbons (Fsp3) is 0.0526. The molecule has 0 aliphatic heterocycles. The third-order valence-electron chi connectivity index (χ3n) is 3.62. The summed E-state index contributed by atoms with van der Waals surface area (Å²) in [4.78, 5) is 27.8. The molecule has 2 N–H and O–H groups in total. The quantitative estimate of drug-likeness (QED) is 0.770. The van der Waals surface area contributed by atoms with Gasteiger partial charge in [-0.1, -0.05) is 18.2 Å². The SMILES string of the molecule is CC(=O)Nc1ccc(C#N)c2c(NC(=O)c3ccccn3)cccc12. The maximum atomic E-state index is 12.4. The molecular formula is C19H14N4O2. The van der Waals surface area contributed by atoms with E-state index in [2.05, 4.69) is 21.7 Å². The summed E-state index contributed by atoms with van der Waals surface area (Å²) in [5, 5.41) is 16.2. The Balaban J connectivity index is 2.11. The molecule has 0 aliphatic carbocycles. The molecule has 1 aromatic heterocycles. The number of nitrogens with one attached hydrogen (secondary N) is 2. The van der Waals surface area contributed by atoms with Gasteiger partial charge in [-0.15, -0.1) is 0 Å². The van der Waals surface area contributed by atoms with Crippen LogP contribution in [-0.4, -0.2) is 16.8 Å². The Bertz CT molecular complexity index is 1010. The number of amides is 2. The number of hydrogen-bond donors (Lipinski definition) is 2. The van der Waals surface area contributed by atoms with Gasteiger partial charge < -0.3 is 10.6 Å². The van der Waals surface area contributed by atoms with Crippen molar-refractivity contribution in [1.82, 2.24) is 4.98 Å². The van der Waals surface area contributed by atoms with Crippen molar-refractivity contribution >= 4 is 34.0 Å². The molecule has 0 fully saturated rings. The van der Waals surface area contributed by atoms with E-state index < -0.39 is 0 Å². The van der Waals surface area contributed by atoms with Crippen molar-refractivity contribution in [3.05, 3.63) is 66.0 Å². The van der Waals surface area contributed by atoms with E-state index in [1.54, 1.807) is 48.5 Å². The number of carbonyl (C=O) groups excluding carboxylic acids is 2. The van der Waals surface area contributed by atoms with E-state index in [9.17, 15) is 14.9 Å². The molecule has 2 aromatic carbocycles. The van der Waals surface area contributed by atoms with Gasteiger partial charge in [0.1, 0.15) is 5.69 Å². The van der Waals surface area contributed by atoms with Gasteiger partial charge in [-0.25, -0.2) is 0 Å².